The fourth-order valence-corrected chi connectivity index (χ4v) is 3.41. The summed E-state index contributed by atoms with van der Waals surface area (Å²) >= 11 is 1.64. The number of nitrogens with zero attached hydrogens (tertiary/aromatic N) is 2. The lowest BCUT2D eigenvalue weighted by Gasteiger charge is -2.11. The van der Waals surface area contributed by atoms with Crippen LogP contribution >= 0.6 is 11.3 Å². The molecule has 0 saturated heterocycles. The van der Waals surface area contributed by atoms with Crippen LogP contribution in [-0.4, -0.2) is 17.4 Å². The molecule has 5 heteroatoms. The number of aromatic nitrogens is 1. The fourth-order valence-electron chi connectivity index (χ4n) is 2.63. The van der Waals surface area contributed by atoms with Crippen LogP contribution in [0.25, 0.3) is 11.1 Å². The monoisotopic (exact) mass is 347 g/mol. The smallest absolute Gasteiger partial charge is 0.251 e. The topological polar surface area (TPSA) is 65.8 Å². The molecule has 1 amide bonds. The van der Waals surface area contributed by atoms with Crippen LogP contribution in [0.1, 0.15) is 25.8 Å². The molecule has 0 radical (unpaired) electrons. The standard InChI is InChI=1S/C20H17N3OS/c1-14-13-23-19(25-14)10-11-22-20(24)18-9-5-4-8-17(18)16-7-3-2-6-15(16)12-21/h2-9,13H,10-11H2,1H3,(H,22,24). The minimum atomic E-state index is -0.142. The number of carbonyl (C=O) groups excluding carboxylic acids is 1. The lowest BCUT2D eigenvalue weighted by Crippen LogP contribution is -2.26. The van der Waals surface area contributed by atoms with Gasteiger partial charge >= 0.3 is 0 Å². The van der Waals surface area contributed by atoms with Crippen molar-refractivity contribution in [3.8, 4) is 17.2 Å². The molecule has 0 saturated carbocycles. The maximum absolute atomic E-state index is 12.6. The van der Waals surface area contributed by atoms with Gasteiger partial charge in [-0.05, 0) is 24.6 Å². The summed E-state index contributed by atoms with van der Waals surface area (Å²) in [5, 5.41) is 13.3. The van der Waals surface area contributed by atoms with Crippen molar-refractivity contribution >= 4 is 17.2 Å². The van der Waals surface area contributed by atoms with Gasteiger partial charge in [-0.25, -0.2) is 4.98 Å². The van der Waals surface area contributed by atoms with Crippen LogP contribution in [-0.2, 0) is 6.42 Å². The zero-order valence-electron chi connectivity index (χ0n) is 13.8. The van der Waals surface area contributed by atoms with E-state index >= 15 is 0 Å². The molecule has 0 unspecified atom stereocenters. The van der Waals surface area contributed by atoms with Crippen LogP contribution in [0.3, 0.4) is 0 Å². The molecule has 0 bridgehead atoms. The molecule has 0 atom stereocenters. The minimum absolute atomic E-state index is 0.142. The number of benzene rings is 2. The molecule has 0 aliphatic rings. The number of thiazole rings is 1. The lowest BCUT2D eigenvalue weighted by molar-refractivity contribution is 0.0955. The summed E-state index contributed by atoms with van der Waals surface area (Å²) in [6.45, 7) is 2.54. The highest BCUT2D eigenvalue weighted by Crippen LogP contribution is 2.26. The zero-order chi connectivity index (χ0) is 17.6. The first-order chi connectivity index (χ1) is 12.2. The molecular formula is C20H17N3OS. The van der Waals surface area contributed by atoms with E-state index in [1.54, 1.807) is 23.5 Å². The Hall–Kier alpha value is -2.97. The maximum atomic E-state index is 12.6. The normalized spacial score (nSPS) is 10.2. The third-order valence-electron chi connectivity index (χ3n) is 3.80. The van der Waals surface area contributed by atoms with Gasteiger partial charge in [-0.15, -0.1) is 11.3 Å². The summed E-state index contributed by atoms with van der Waals surface area (Å²) in [4.78, 5) is 18.1. The van der Waals surface area contributed by atoms with E-state index < -0.39 is 0 Å². The van der Waals surface area contributed by atoms with Gasteiger partial charge in [0.05, 0.1) is 16.6 Å². The van der Waals surface area contributed by atoms with Gasteiger partial charge in [-0.3, -0.25) is 4.79 Å². The average Bonchev–Trinajstić information content (AvgIpc) is 3.06. The second kappa shape index (κ2) is 7.73. The summed E-state index contributed by atoms with van der Waals surface area (Å²) in [7, 11) is 0. The van der Waals surface area contributed by atoms with E-state index in [9.17, 15) is 10.1 Å². The van der Waals surface area contributed by atoms with Crippen molar-refractivity contribution in [1.82, 2.24) is 10.3 Å². The number of rotatable bonds is 5. The summed E-state index contributed by atoms with van der Waals surface area (Å²) in [5.74, 6) is -0.142. The number of nitrogens with one attached hydrogen (secondary N) is 1. The Bertz CT molecular complexity index is 940. The van der Waals surface area contributed by atoms with Gasteiger partial charge in [-0.1, -0.05) is 36.4 Å². The first-order valence-electron chi connectivity index (χ1n) is 7.97. The number of carbonyl (C=O) groups is 1. The van der Waals surface area contributed by atoms with Crippen LogP contribution in [0.4, 0.5) is 0 Å². The van der Waals surface area contributed by atoms with E-state index in [2.05, 4.69) is 16.4 Å². The van der Waals surface area contributed by atoms with Gasteiger partial charge in [0.25, 0.3) is 5.91 Å². The van der Waals surface area contributed by atoms with E-state index in [-0.39, 0.29) is 5.91 Å². The van der Waals surface area contributed by atoms with Crippen LogP contribution in [0.2, 0.25) is 0 Å². The zero-order valence-corrected chi connectivity index (χ0v) is 14.6. The van der Waals surface area contributed by atoms with Crippen LogP contribution in [0.5, 0.6) is 0 Å². The van der Waals surface area contributed by atoms with Crippen molar-refractivity contribution in [1.29, 1.82) is 5.26 Å². The number of nitriles is 1. The van der Waals surface area contributed by atoms with E-state index in [1.807, 2.05) is 49.5 Å². The molecule has 0 fully saturated rings. The highest BCUT2D eigenvalue weighted by atomic mass is 32.1. The van der Waals surface area contributed by atoms with E-state index in [0.29, 0.717) is 24.1 Å². The molecule has 0 aliphatic heterocycles. The van der Waals surface area contributed by atoms with Gasteiger partial charge in [-0.2, -0.15) is 5.26 Å². The Balaban J connectivity index is 1.78. The van der Waals surface area contributed by atoms with E-state index in [0.717, 1.165) is 16.1 Å². The van der Waals surface area contributed by atoms with Crippen LogP contribution in [0.15, 0.2) is 54.7 Å². The number of amides is 1. The largest absolute Gasteiger partial charge is 0.352 e. The Kier molecular flexibility index (Phi) is 5.22. The van der Waals surface area contributed by atoms with Crippen molar-refractivity contribution in [3.05, 3.63) is 75.7 Å². The van der Waals surface area contributed by atoms with Crippen molar-refractivity contribution in [3.63, 3.8) is 0 Å². The predicted molar refractivity (Wildman–Crippen MR) is 99.5 cm³/mol. The van der Waals surface area contributed by atoms with Crippen molar-refractivity contribution in [2.24, 2.45) is 0 Å². The Labute approximate surface area is 150 Å². The molecule has 0 aliphatic carbocycles. The first kappa shape index (κ1) is 16.9. The van der Waals surface area contributed by atoms with Gasteiger partial charge in [0.1, 0.15) is 0 Å². The SMILES string of the molecule is Cc1cnc(CCNC(=O)c2ccccc2-c2ccccc2C#N)s1. The third-order valence-corrected chi connectivity index (χ3v) is 4.78. The van der Waals surface area contributed by atoms with E-state index in [4.69, 9.17) is 0 Å². The second-order valence-electron chi connectivity index (χ2n) is 5.57. The van der Waals surface area contributed by atoms with Crippen LogP contribution in [0, 0.1) is 18.3 Å². The van der Waals surface area contributed by atoms with Crippen molar-refractivity contribution in [2.45, 2.75) is 13.3 Å². The molecule has 0 spiro atoms. The summed E-state index contributed by atoms with van der Waals surface area (Å²) in [6, 6.07) is 16.9. The number of aryl methyl sites for hydroxylation is 1. The summed E-state index contributed by atoms with van der Waals surface area (Å²) in [5.41, 5.74) is 2.66. The Morgan fingerprint density at radius 3 is 2.60 bits per heavy atom. The summed E-state index contributed by atoms with van der Waals surface area (Å²) in [6.07, 6.45) is 2.55. The highest BCUT2D eigenvalue weighted by molar-refractivity contribution is 7.11. The molecule has 1 heterocycles. The van der Waals surface area contributed by atoms with E-state index in [1.165, 1.54) is 4.88 Å². The first-order valence-corrected chi connectivity index (χ1v) is 8.78. The fraction of sp³-hybridized carbons (Fsp3) is 0.150. The molecule has 2 aromatic carbocycles. The van der Waals surface area contributed by atoms with Gasteiger partial charge < -0.3 is 5.32 Å². The number of hydrogen-bond donors (Lipinski definition) is 1. The maximum Gasteiger partial charge on any atom is 0.251 e. The molecule has 3 aromatic rings. The van der Waals surface area contributed by atoms with Gasteiger partial charge in [0.2, 0.25) is 0 Å². The molecule has 4 nitrogen and oxygen atoms in total. The van der Waals surface area contributed by atoms with Gasteiger partial charge in [0.15, 0.2) is 0 Å². The summed E-state index contributed by atoms with van der Waals surface area (Å²) < 4.78 is 0. The molecular weight excluding hydrogens is 330 g/mol. The lowest BCUT2D eigenvalue weighted by atomic mass is 9.95. The highest BCUT2D eigenvalue weighted by Gasteiger charge is 2.14. The minimum Gasteiger partial charge on any atom is -0.352 e. The third kappa shape index (κ3) is 3.93. The Morgan fingerprint density at radius 2 is 1.88 bits per heavy atom. The van der Waals surface area contributed by atoms with Crippen molar-refractivity contribution < 1.29 is 4.79 Å². The average molecular weight is 347 g/mol. The predicted octanol–water partition coefficient (Wildman–Crippen LogP) is 3.96. The quantitative estimate of drug-likeness (QED) is 0.759. The number of hydrogen-bond acceptors (Lipinski definition) is 4. The molecule has 1 aromatic heterocycles. The van der Waals surface area contributed by atoms with Crippen molar-refractivity contribution in [2.75, 3.05) is 6.54 Å². The molecule has 3 rings (SSSR count). The molecule has 25 heavy (non-hydrogen) atoms. The second-order valence-corrected chi connectivity index (χ2v) is 6.89. The molecule has 1 N–H and O–H groups in total. The Morgan fingerprint density at radius 1 is 1.16 bits per heavy atom. The van der Waals surface area contributed by atoms with Crippen LogP contribution < -0.4 is 5.32 Å². The van der Waals surface area contributed by atoms with Gasteiger partial charge in [0, 0.05) is 35.2 Å². The molecule has 124 valence electrons.